The third-order valence-corrected chi connectivity index (χ3v) is 4.27. The van der Waals surface area contributed by atoms with E-state index in [4.69, 9.17) is 0 Å². The number of carbonyl (C=O) groups excluding carboxylic acids is 1. The van der Waals surface area contributed by atoms with E-state index in [9.17, 15) is 13.2 Å². The number of carbonyl (C=O) groups is 1. The molecular formula is C18H19N5O3S. The number of benzene rings is 1. The molecule has 2 aromatic heterocycles. The van der Waals surface area contributed by atoms with Gasteiger partial charge < -0.3 is 5.32 Å². The molecule has 0 unspecified atom stereocenters. The molecule has 8 nitrogen and oxygen atoms in total. The van der Waals surface area contributed by atoms with Crippen LogP contribution in [0.5, 0.6) is 0 Å². The number of aromatic nitrogens is 3. The van der Waals surface area contributed by atoms with Crippen LogP contribution in [0.15, 0.2) is 48.7 Å². The Kier molecular flexibility index (Phi) is 4.95. The molecule has 1 amide bonds. The molecule has 1 aromatic carbocycles. The predicted molar refractivity (Wildman–Crippen MR) is 104 cm³/mol. The minimum Gasteiger partial charge on any atom is -0.321 e. The van der Waals surface area contributed by atoms with E-state index in [1.165, 1.54) is 6.07 Å². The first-order chi connectivity index (χ1) is 12.7. The fourth-order valence-electron chi connectivity index (χ4n) is 2.59. The molecule has 3 rings (SSSR count). The van der Waals surface area contributed by atoms with Crippen LogP contribution in [0.4, 0.5) is 11.4 Å². The molecule has 0 fully saturated rings. The number of pyridine rings is 1. The van der Waals surface area contributed by atoms with Crippen LogP contribution < -0.4 is 10.0 Å². The Morgan fingerprint density at radius 2 is 1.85 bits per heavy atom. The van der Waals surface area contributed by atoms with Crippen LogP contribution in [0.2, 0.25) is 0 Å². The van der Waals surface area contributed by atoms with E-state index in [-0.39, 0.29) is 5.91 Å². The molecule has 9 heteroatoms. The van der Waals surface area contributed by atoms with Gasteiger partial charge in [0.05, 0.1) is 23.8 Å². The number of hydrogen-bond donors (Lipinski definition) is 2. The summed E-state index contributed by atoms with van der Waals surface area (Å²) >= 11 is 0. The van der Waals surface area contributed by atoms with Gasteiger partial charge in [-0.25, -0.2) is 18.1 Å². The maximum Gasteiger partial charge on any atom is 0.255 e. The Morgan fingerprint density at radius 1 is 1.07 bits per heavy atom. The topological polar surface area (TPSA) is 106 Å². The van der Waals surface area contributed by atoms with Crippen molar-refractivity contribution >= 4 is 27.3 Å². The lowest BCUT2D eigenvalue weighted by Gasteiger charge is -2.09. The molecule has 0 saturated carbocycles. The van der Waals surface area contributed by atoms with Crippen LogP contribution >= 0.6 is 0 Å². The number of nitrogens with one attached hydrogen (secondary N) is 2. The Morgan fingerprint density at radius 3 is 2.44 bits per heavy atom. The Bertz CT molecular complexity index is 1090. The second-order valence-electron chi connectivity index (χ2n) is 6.15. The molecule has 3 aromatic rings. The molecule has 140 valence electrons. The largest absolute Gasteiger partial charge is 0.321 e. The zero-order chi connectivity index (χ0) is 19.6. The van der Waals surface area contributed by atoms with Crippen LogP contribution in [0.3, 0.4) is 0 Å². The van der Waals surface area contributed by atoms with E-state index in [0.717, 1.165) is 17.6 Å². The summed E-state index contributed by atoms with van der Waals surface area (Å²) in [6.07, 6.45) is 2.60. The average Bonchev–Trinajstić information content (AvgIpc) is 2.92. The molecular weight excluding hydrogens is 366 g/mol. The number of rotatable bonds is 5. The zero-order valence-corrected chi connectivity index (χ0v) is 15.9. The van der Waals surface area contributed by atoms with Gasteiger partial charge in [0.25, 0.3) is 5.91 Å². The van der Waals surface area contributed by atoms with Crippen molar-refractivity contribution < 1.29 is 13.2 Å². The number of hydrogen-bond acceptors (Lipinski definition) is 5. The standard InChI is InChI=1S/C18H19N5O3S/c1-12-9-13(2)23(21-12)17-8-7-16(11-19-17)20-18(24)14-5-4-6-15(10-14)22-27(3,25)26/h4-11,22H,1-3H3,(H,20,24). The van der Waals surface area contributed by atoms with E-state index in [0.29, 0.717) is 22.8 Å². The van der Waals surface area contributed by atoms with Gasteiger partial charge in [-0.05, 0) is 50.2 Å². The lowest BCUT2D eigenvalue weighted by atomic mass is 10.2. The van der Waals surface area contributed by atoms with Crippen molar-refractivity contribution in [2.24, 2.45) is 0 Å². The Balaban J connectivity index is 1.75. The number of nitrogens with zero attached hydrogens (tertiary/aromatic N) is 3. The van der Waals surface area contributed by atoms with Gasteiger partial charge >= 0.3 is 0 Å². The maximum atomic E-state index is 12.4. The summed E-state index contributed by atoms with van der Waals surface area (Å²) in [5.74, 6) is 0.283. The van der Waals surface area contributed by atoms with Gasteiger partial charge in [-0.15, -0.1) is 0 Å². The van der Waals surface area contributed by atoms with E-state index in [2.05, 4.69) is 20.1 Å². The average molecular weight is 385 g/mol. The van der Waals surface area contributed by atoms with Gasteiger partial charge in [-0.3, -0.25) is 9.52 Å². The second kappa shape index (κ2) is 7.20. The highest BCUT2D eigenvalue weighted by Crippen LogP contribution is 2.16. The summed E-state index contributed by atoms with van der Waals surface area (Å²) in [6.45, 7) is 3.85. The van der Waals surface area contributed by atoms with Crippen LogP contribution in [-0.2, 0) is 10.0 Å². The van der Waals surface area contributed by atoms with Gasteiger partial charge in [0, 0.05) is 16.9 Å². The summed E-state index contributed by atoms with van der Waals surface area (Å²) in [7, 11) is -3.41. The molecule has 0 bridgehead atoms. The molecule has 2 heterocycles. The van der Waals surface area contributed by atoms with E-state index in [1.54, 1.807) is 41.2 Å². The number of anilines is 2. The summed E-state index contributed by atoms with van der Waals surface area (Å²) in [6, 6.07) is 11.7. The predicted octanol–water partition coefficient (Wildman–Crippen LogP) is 2.51. The van der Waals surface area contributed by atoms with Crippen molar-refractivity contribution in [3.63, 3.8) is 0 Å². The monoisotopic (exact) mass is 385 g/mol. The lowest BCUT2D eigenvalue weighted by Crippen LogP contribution is -2.14. The molecule has 2 N–H and O–H groups in total. The smallest absolute Gasteiger partial charge is 0.255 e. The molecule has 0 aliphatic rings. The van der Waals surface area contributed by atoms with E-state index < -0.39 is 10.0 Å². The highest BCUT2D eigenvalue weighted by molar-refractivity contribution is 7.92. The summed E-state index contributed by atoms with van der Waals surface area (Å²) < 4.78 is 26.7. The van der Waals surface area contributed by atoms with Crippen LogP contribution in [0.1, 0.15) is 21.7 Å². The van der Waals surface area contributed by atoms with Gasteiger partial charge in [-0.1, -0.05) is 6.07 Å². The third-order valence-electron chi connectivity index (χ3n) is 3.66. The molecule has 0 aliphatic carbocycles. The first-order valence-corrected chi connectivity index (χ1v) is 9.99. The van der Waals surface area contributed by atoms with E-state index in [1.807, 2.05) is 19.9 Å². The van der Waals surface area contributed by atoms with Crippen molar-refractivity contribution in [2.45, 2.75) is 13.8 Å². The fourth-order valence-corrected chi connectivity index (χ4v) is 3.14. The number of sulfonamides is 1. The molecule has 0 atom stereocenters. The van der Waals surface area contributed by atoms with Crippen molar-refractivity contribution in [3.05, 3.63) is 65.6 Å². The molecule has 27 heavy (non-hydrogen) atoms. The van der Waals surface area contributed by atoms with Crippen molar-refractivity contribution in [1.29, 1.82) is 0 Å². The van der Waals surface area contributed by atoms with E-state index >= 15 is 0 Å². The highest BCUT2D eigenvalue weighted by Gasteiger charge is 2.10. The van der Waals surface area contributed by atoms with Crippen LogP contribution in [0.25, 0.3) is 5.82 Å². The highest BCUT2D eigenvalue weighted by atomic mass is 32.2. The second-order valence-corrected chi connectivity index (χ2v) is 7.90. The fraction of sp³-hybridized carbons (Fsp3) is 0.167. The molecule has 0 radical (unpaired) electrons. The number of amides is 1. The van der Waals surface area contributed by atoms with Crippen molar-refractivity contribution in [2.75, 3.05) is 16.3 Å². The molecule has 0 aliphatic heterocycles. The Labute approximate surface area is 157 Å². The minimum absolute atomic E-state index is 0.322. The number of aryl methyl sites for hydroxylation is 2. The van der Waals surface area contributed by atoms with Crippen molar-refractivity contribution in [3.8, 4) is 5.82 Å². The minimum atomic E-state index is -3.41. The van der Waals surface area contributed by atoms with Crippen molar-refractivity contribution in [1.82, 2.24) is 14.8 Å². The van der Waals surface area contributed by atoms with Crippen LogP contribution in [-0.4, -0.2) is 35.3 Å². The summed E-state index contributed by atoms with van der Waals surface area (Å²) in [4.78, 5) is 16.7. The summed E-state index contributed by atoms with van der Waals surface area (Å²) in [5.41, 5.74) is 3.03. The molecule has 0 saturated heterocycles. The van der Waals surface area contributed by atoms with Gasteiger partial charge in [-0.2, -0.15) is 5.10 Å². The third kappa shape index (κ3) is 4.70. The first kappa shape index (κ1) is 18.6. The zero-order valence-electron chi connectivity index (χ0n) is 15.1. The quantitative estimate of drug-likeness (QED) is 0.702. The first-order valence-electron chi connectivity index (χ1n) is 8.10. The van der Waals surface area contributed by atoms with Gasteiger partial charge in [0.2, 0.25) is 10.0 Å². The lowest BCUT2D eigenvalue weighted by molar-refractivity contribution is 0.102. The SMILES string of the molecule is Cc1cc(C)n(-c2ccc(NC(=O)c3cccc(NS(C)(=O)=O)c3)cn2)n1. The molecule has 0 spiro atoms. The summed E-state index contributed by atoms with van der Waals surface area (Å²) in [5, 5.41) is 7.11. The normalized spacial score (nSPS) is 11.2. The van der Waals surface area contributed by atoms with Gasteiger partial charge in [0.15, 0.2) is 5.82 Å². The van der Waals surface area contributed by atoms with Crippen LogP contribution in [0, 0.1) is 13.8 Å². The Hall–Kier alpha value is -3.20. The van der Waals surface area contributed by atoms with Gasteiger partial charge in [0.1, 0.15) is 0 Å². The maximum absolute atomic E-state index is 12.4.